The lowest BCUT2D eigenvalue weighted by Crippen LogP contribution is -2.28. The van der Waals surface area contributed by atoms with E-state index in [0.29, 0.717) is 5.69 Å². The van der Waals surface area contributed by atoms with Crippen molar-refractivity contribution in [2.24, 2.45) is 0 Å². The molecule has 0 saturated carbocycles. The summed E-state index contributed by atoms with van der Waals surface area (Å²) >= 11 is 0. The van der Waals surface area contributed by atoms with Crippen LogP contribution in [0.4, 0.5) is 10.5 Å². The second-order valence-electron chi connectivity index (χ2n) is 4.17. The van der Waals surface area contributed by atoms with E-state index in [0.717, 1.165) is 6.07 Å². The van der Waals surface area contributed by atoms with Crippen molar-refractivity contribution >= 4 is 17.7 Å². The number of carboxylic acid groups (broad SMARTS) is 1. The van der Waals surface area contributed by atoms with Gasteiger partial charge in [0.1, 0.15) is 5.75 Å². The van der Waals surface area contributed by atoms with Crippen LogP contribution in [0.3, 0.4) is 0 Å². The first-order chi connectivity index (χ1) is 10.1. The van der Waals surface area contributed by atoms with Gasteiger partial charge in [0, 0.05) is 6.20 Å². The van der Waals surface area contributed by atoms with Crippen LogP contribution in [-0.2, 0) is 6.54 Å². The number of aromatic nitrogens is 1. The molecule has 0 atom stereocenters. The molecular formula is C14H13N3O4. The van der Waals surface area contributed by atoms with Crippen molar-refractivity contribution in [3.63, 3.8) is 0 Å². The second-order valence-corrected chi connectivity index (χ2v) is 4.17. The zero-order chi connectivity index (χ0) is 15.2. The van der Waals surface area contributed by atoms with Crippen LogP contribution in [0, 0.1) is 0 Å². The third-order valence-electron chi connectivity index (χ3n) is 2.65. The number of carbonyl (C=O) groups excluding carboxylic acids is 1. The fourth-order valence-corrected chi connectivity index (χ4v) is 1.61. The number of urea groups is 1. The Morgan fingerprint density at radius 2 is 2.00 bits per heavy atom. The van der Waals surface area contributed by atoms with Crippen LogP contribution in [0.1, 0.15) is 16.1 Å². The van der Waals surface area contributed by atoms with E-state index >= 15 is 0 Å². The van der Waals surface area contributed by atoms with Crippen LogP contribution in [0.25, 0.3) is 0 Å². The van der Waals surface area contributed by atoms with Gasteiger partial charge in [-0.05, 0) is 30.3 Å². The molecule has 0 fully saturated rings. The fraction of sp³-hybridized carbons (Fsp3) is 0.0714. The summed E-state index contributed by atoms with van der Waals surface area (Å²) in [5, 5.41) is 23.4. The molecule has 0 saturated heterocycles. The number of aromatic carboxylic acids is 1. The molecule has 0 spiro atoms. The summed E-state index contributed by atoms with van der Waals surface area (Å²) < 4.78 is 0. The molecule has 2 rings (SSSR count). The van der Waals surface area contributed by atoms with Crippen molar-refractivity contribution < 1.29 is 19.8 Å². The molecule has 4 N–H and O–H groups in total. The van der Waals surface area contributed by atoms with Crippen LogP contribution in [0.5, 0.6) is 5.75 Å². The van der Waals surface area contributed by atoms with Gasteiger partial charge in [0.05, 0.1) is 23.5 Å². The molecule has 7 nitrogen and oxygen atoms in total. The molecule has 2 aromatic rings. The molecule has 7 heteroatoms. The van der Waals surface area contributed by atoms with Gasteiger partial charge in [0.2, 0.25) is 0 Å². The van der Waals surface area contributed by atoms with Gasteiger partial charge in [-0.15, -0.1) is 0 Å². The monoisotopic (exact) mass is 287 g/mol. The van der Waals surface area contributed by atoms with Crippen molar-refractivity contribution in [1.82, 2.24) is 10.3 Å². The summed E-state index contributed by atoms with van der Waals surface area (Å²) in [6.45, 7) is 0.237. The number of hydrogen-bond acceptors (Lipinski definition) is 4. The van der Waals surface area contributed by atoms with Crippen molar-refractivity contribution in [2.75, 3.05) is 5.32 Å². The lowest BCUT2D eigenvalue weighted by molar-refractivity contribution is 0.0696. The summed E-state index contributed by atoms with van der Waals surface area (Å²) in [6.07, 6.45) is 1.62. The number of hydrogen-bond donors (Lipinski definition) is 4. The van der Waals surface area contributed by atoms with Crippen molar-refractivity contribution in [3.8, 4) is 5.75 Å². The van der Waals surface area contributed by atoms with Crippen LogP contribution < -0.4 is 10.6 Å². The molecule has 0 unspecified atom stereocenters. The molecule has 1 aromatic carbocycles. The fourth-order valence-electron chi connectivity index (χ4n) is 1.61. The molecule has 0 aliphatic rings. The number of benzene rings is 1. The first kappa shape index (κ1) is 14.3. The molecule has 1 aromatic heterocycles. The minimum absolute atomic E-state index is 0.0630. The maximum absolute atomic E-state index is 11.7. The molecule has 0 radical (unpaired) electrons. The van der Waals surface area contributed by atoms with E-state index in [1.54, 1.807) is 24.4 Å². The summed E-state index contributed by atoms with van der Waals surface area (Å²) in [6, 6.07) is 8.48. The number of anilines is 1. The van der Waals surface area contributed by atoms with Crippen LogP contribution in [-0.4, -0.2) is 27.2 Å². The van der Waals surface area contributed by atoms with Gasteiger partial charge in [-0.3, -0.25) is 4.98 Å². The van der Waals surface area contributed by atoms with E-state index in [9.17, 15) is 14.7 Å². The van der Waals surface area contributed by atoms with Gasteiger partial charge in [-0.1, -0.05) is 6.07 Å². The Morgan fingerprint density at radius 1 is 1.19 bits per heavy atom. The zero-order valence-electron chi connectivity index (χ0n) is 10.9. The smallest absolute Gasteiger partial charge is 0.335 e. The predicted molar refractivity (Wildman–Crippen MR) is 75.2 cm³/mol. The first-order valence-electron chi connectivity index (χ1n) is 6.07. The average Bonchev–Trinajstić information content (AvgIpc) is 2.48. The van der Waals surface area contributed by atoms with Crippen LogP contribution in [0.15, 0.2) is 42.6 Å². The van der Waals surface area contributed by atoms with Crippen LogP contribution in [0.2, 0.25) is 0 Å². The highest BCUT2D eigenvalue weighted by Crippen LogP contribution is 2.24. The van der Waals surface area contributed by atoms with E-state index < -0.39 is 12.0 Å². The Bertz CT molecular complexity index is 659. The highest BCUT2D eigenvalue weighted by Gasteiger charge is 2.10. The number of carboxylic acids is 1. The predicted octanol–water partition coefficient (Wildman–Crippen LogP) is 1.81. The lowest BCUT2D eigenvalue weighted by Gasteiger charge is -2.09. The number of carbonyl (C=O) groups is 2. The number of pyridine rings is 1. The lowest BCUT2D eigenvalue weighted by atomic mass is 10.2. The van der Waals surface area contributed by atoms with Crippen molar-refractivity contribution in [1.29, 1.82) is 0 Å². The van der Waals surface area contributed by atoms with E-state index in [1.165, 1.54) is 12.1 Å². The number of phenolic OH excluding ortho intramolecular Hbond substituents is 1. The molecular weight excluding hydrogens is 274 g/mol. The Kier molecular flexibility index (Phi) is 4.35. The Hall–Kier alpha value is -3.09. The maximum atomic E-state index is 11.7. The third-order valence-corrected chi connectivity index (χ3v) is 2.65. The highest BCUT2D eigenvalue weighted by atomic mass is 16.4. The molecule has 0 bridgehead atoms. The van der Waals surface area contributed by atoms with Crippen LogP contribution >= 0.6 is 0 Å². The Morgan fingerprint density at radius 3 is 2.62 bits per heavy atom. The number of nitrogens with zero attached hydrogens (tertiary/aromatic N) is 1. The Balaban J connectivity index is 1.95. The van der Waals surface area contributed by atoms with E-state index in [-0.39, 0.29) is 23.5 Å². The van der Waals surface area contributed by atoms with Gasteiger partial charge in [0.15, 0.2) is 0 Å². The number of aromatic hydroxyl groups is 1. The van der Waals surface area contributed by atoms with E-state index in [1.807, 2.05) is 0 Å². The second kappa shape index (κ2) is 6.38. The summed E-state index contributed by atoms with van der Waals surface area (Å²) in [7, 11) is 0. The Labute approximate surface area is 120 Å². The maximum Gasteiger partial charge on any atom is 0.335 e. The van der Waals surface area contributed by atoms with E-state index in [4.69, 9.17) is 5.11 Å². The van der Waals surface area contributed by atoms with Gasteiger partial charge in [-0.2, -0.15) is 0 Å². The normalized spacial score (nSPS) is 9.90. The number of phenols is 1. The van der Waals surface area contributed by atoms with Gasteiger partial charge >= 0.3 is 12.0 Å². The molecule has 2 amide bonds. The SMILES string of the molecule is O=C(NCc1ccccn1)Nc1ccc(C(=O)O)cc1O. The standard InChI is InChI=1S/C14H13N3O4/c18-12-7-9(13(19)20)4-5-11(12)17-14(21)16-8-10-3-1-2-6-15-10/h1-7,18H,8H2,(H,19,20)(H2,16,17,21). The largest absolute Gasteiger partial charge is 0.506 e. The number of amides is 2. The number of rotatable bonds is 4. The molecule has 0 aliphatic carbocycles. The van der Waals surface area contributed by atoms with Crippen molar-refractivity contribution in [3.05, 3.63) is 53.9 Å². The van der Waals surface area contributed by atoms with Crippen molar-refractivity contribution in [2.45, 2.75) is 6.54 Å². The number of nitrogens with one attached hydrogen (secondary N) is 2. The average molecular weight is 287 g/mol. The van der Waals surface area contributed by atoms with Gasteiger partial charge < -0.3 is 20.8 Å². The van der Waals surface area contributed by atoms with Gasteiger partial charge in [0.25, 0.3) is 0 Å². The molecule has 108 valence electrons. The van der Waals surface area contributed by atoms with E-state index in [2.05, 4.69) is 15.6 Å². The zero-order valence-corrected chi connectivity index (χ0v) is 10.9. The minimum Gasteiger partial charge on any atom is -0.506 e. The molecule has 1 heterocycles. The summed E-state index contributed by atoms with van der Waals surface area (Å²) in [4.78, 5) is 26.5. The summed E-state index contributed by atoms with van der Waals surface area (Å²) in [5.41, 5.74) is 0.753. The third kappa shape index (κ3) is 3.93. The molecule has 21 heavy (non-hydrogen) atoms. The highest BCUT2D eigenvalue weighted by molar-refractivity contribution is 5.93. The van der Waals surface area contributed by atoms with Gasteiger partial charge in [-0.25, -0.2) is 9.59 Å². The topological polar surface area (TPSA) is 112 Å². The minimum atomic E-state index is -1.16. The summed E-state index contributed by atoms with van der Waals surface area (Å²) in [5.74, 6) is -1.47. The molecule has 0 aliphatic heterocycles. The first-order valence-corrected chi connectivity index (χ1v) is 6.07. The quantitative estimate of drug-likeness (QED) is 0.641.